The number of nitrogen functional groups attached to an aromatic ring is 1. The minimum atomic E-state index is -0.501. The Kier molecular flexibility index (Phi) is 5.55. The molecular weight excluding hydrogens is 371 g/mol. The highest BCUT2D eigenvalue weighted by atomic mass is 19.1. The minimum Gasteiger partial charge on any atom is -0.477 e. The lowest BCUT2D eigenvalue weighted by atomic mass is 9.90. The molecule has 0 unspecified atom stereocenters. The Morgan fingerprint density at radius 2 is 2.00 bits per heavy atom. The van der Waals surface area contributed by atoms with Crippen molar-refractivity contribution in [1.29, 1.82) is 0 Å². The number of nitrogens with two attached hydrogens (primary N) is 1. The van der Waals surface area contributed by atoms with E-state index in [0.717, 1.165) is 12.8 Å². The second kappa shape index (κ2) is 8.43. The standard InChI is InChI=1S/C22H23FN4O2/c23-17-12-16(27-21(28)20-18(24)7-4-9-25-20)11-15-8-10-26-22(19(15)17)29-13-14-5-2-1-3-6-14/h4,7-12,14H,1-3,5-6,13,24H2,(H,27,28). The van der Waals surface area contributed by atoms with E-state index < -0.39 is 11.7 Å². The van der Waals surface area contributed by atoms with Gasteiger partial charge in [0.1, 0.15) is 5.82 Å². The van der Waals surface area contributed by atoms with Gasteiger partial charge >= 0.3 is 0 Å². The number of anilines is 2. The van der Waals surface area contributed by atoms with Crippen molar-refractivity contribution in [3.05, 3.63) is 54.2 Å². The van der Waals surface area contributed by atoms with Crippen LogP contribution in [-0.4, -0.2) is 22.5 Å². The molecule has 1 amide bonds. The van der Waals surface area contributed by atoms with Crippen molar-refractivity contribution >= 4 is 28.1 Å². The van der Waals surface area contributed by atoms with E-state index in [-0.39, 0.29) is 17.3 Å². The molecule has 1 aliphatic carbocycles. The van der Waals surface area contributed by atoms with Crippen molar-refractivity contribution in [1.82, 2.24) is 9.97 Å². The zero-order chi connectivity index (χ0) is 20.2. The Morgan fingerprint density at radius 1 is 1.17 bits per heavy atom. The summed E-state index contributed by atoms with van der Waals surface area (Å²) < 4.78 is 20.8. The van der Waals surface area contributed by atoms with Crippen LogP contribution in [0.5, 0.6) is 5.88 Å². The lowest BCUT2D eigenvalue weighted by molar-refractivity contribution is 0.102. The van der Waals surface area contributed by atoms with Crippen LogP contribution >= 0.6 is 0 Å². The molecule has 3 aromatic rings. The van der Waals surface area contributed by atoms with Crippen molar-refractivity contribution in [3.8, 4) is 5.88 Å². The lowest BCUT2D eigenvalue weighted by Gasteiger charge is -2.21. The molecule has 2 heterocycles. The van der Waals surface area contributed by atoms with Gasteiger partial charge in [0.25, 0.3) is 5.91 Å². The molecule has 0 saturated heterocycles. The van der Waals surface area contributed by atoms with Crippen LogP contribution in [0.1, 0.15) is 42.6 Å². The highest BCUT2D eigenvalue weighted by molar-refractivity contribution is 6.07. The number of aromatic nitrogens is 2. The number of ether oxygens (including phenoxy) is 1. The van der Waals surface area contributed by atoms with Crippen molar-refractivity contribution in [3.63, 3.8) is 0 Å². The number of nitrogens with one attached hydrogen (secondary N) is 1. The second-order valence-electron chi connectivity index (χ2n) is 7.38. The molecule has 0 atom stereocenters. The molecule has 1 fully saturated rings. The number of nitrogens with zero attached hydrogens (tertiary/aromatic N) is 2. The third kappa shape index (κ3) is 4.29. The third-order valence-corrected chi connectivity index (χ3v) is 5.27. The van der Waals surface area contributed by atoms with Crippen molar-refractivity contribution in [2.24, 2.45) is 5.92 Å². The van der Waals surface area contributed by atoms with Crippen LogP contribution in [0.25, 0.3) is 10.8 Å². The number of pyridine rings is 2. The summed E-state index contributed by atoms with van der Waals surface area (Å²) in [4.78, 5) is 20.6. The number of hydrogen-bond donors (Lipinski definition) is 2. The Balaban J connectivity index is 1.55. The molecule has 1 aromatic carbocycles. The average molecular weight is 394 g/mol. The van der Waals surface area contributed by atoms with Crippen molar-refractivity contribution < 1.29 is 13.9 Å². The zero-order valence-electron chi connectivity index (χ0n) is 16.0. The molecule has 4 rings (SSSR count). The third-order valence-electron chi connectivity index (χ3n) is 5.27. The first-order valence-electron chi connectivity index (χ1n) is 9.84. The summed E-state index contributed by atoms with van der Waals surface area (Å²) in [5.41, 5.74) is 6.46. The fourth-order valence-corrected chi connectivity index (χ4v) is 3.76. The van der Waals surface area contributed by atoms with Gasteiger partial charge in [0.2, 0.25) is 5.88 Å². The molecule has 0 aliphatic heterocycles. The first-order valence-corrected chi connectivity index (χ1v) is 9.84. The number of rotatable bonds is 5. The van der Waals surface area contributed by atoms with Crippen LogP contribution in [0.15, 0.2) is 42.7 Å². The van der Waals surface area contributed by atoms with Gasteiger partial charge in [-0.2, -0.15) is 0 Å². The largest absolute Gasteiger partial charge is 0.477 e. The predicted molar refractivity (Wildman–Crippen MR) is 110 cm³/mol. The van der Waals surface area contributed by atoms with Crippen molar-refractivity contribution in [2.75, 3.05) is 17.7 Å². The summed E-state index contributed by atoms with van der Waals surface area (Å²) in [6, 6.07) is 7.86. The van der Waals surface area contributed by atoms with Gasteiger partial charge in [0, 0.05) is 18.1 Å². The monoisotopic (exact) mass is 394 g/mol. The lowest BCUT2D eigenvalue weighted by Crippen LogP contribution is -2.16. The van der Waals surface area contributed by atoms with E-state index in [0.29, 0.717) is 29.0 Å². The molecule has 2 aromatic heterocycles. The quantitative estimate of drug-likeness (QED) is 0.662. The number of fused-ring (bicyclic) bond motifs is 1. The maximum absolute atomic E-state index is 14.9. The normalized spacial score (nSPS) is 14.7. The van der Waals surface area contributed by atoms with E-state index in [4.69, 9.17) is 10.5 Å². The summed E-state index contributed by atoms with van der Waals surface area (Å²) >= 11 is 0. The number of amides is 1. The molecule has 7 heteroatoms. The molecule has 6 nitrogen and oxygen atoms in total. The Labute approximate surface area is 168 Å². The number of halogens is 1. The van der Waals surface area contributed by atoms with Gasteiger partial charge in [0.05, 0.1) is 17.7 Å². The van der Waals surface area contributed by atoms with E-state index >= 15 is 0 Å². The molecule has 29 heavy (non-hydrogen) atoms. The minimum absolute atomic E-state index is 0.0965. The van der Waals surface area contributed by atoms with Crippen LogP contribution in [0.4, 0.5) is 15.8 Å². The summed E-state index contributed by atoms with van der Waals surface area (Å²) in [5.74, 6) is -0.216. The van der Waals surface area contributed by atoms with Gasteiger partial charge in [0.15, 0.2) is 5.69 Å². The van der Waals surface area contributed by atoms with Crippen molar-refractivity contribution in [2.45, 2.75) is 32.1 Å². The van der Waals surface area contributed by atoms with Crippen LogP contribution in [-0.2, 0) is 0 Å². The number of carbonyl (C=O) groups is 1. The highest BCUT2D eigenvalue weighted by Gasteiger charge is 2.18. The number of benzene rings is 1. The van der Waals surface area contributed by atoms with Gasteiger partial charge in [-0.1, -0.05) is 19.3 Å². The molecule has 1 aliphatic rings. The fraction of sp³-hybridized carbons (Fsp3) is 0.318. The molecule has 0 spiro atoms. The molecule has 3 N–H and O–H groups in total. The topological polar surface area (TPSA) is 90.1 Å². The van der Waals surface area contributed by atoms with E-state index in [1.807, 2.05) is 0 Å². The maximum atomic E-state index is 14.9. The summed E-state index contributed by atoms with van der Waals surface area (Å²) in [6.07, 6.45) is 9.05. The smallest absolute Gasteiger partial charge is 0.276 e. The van der Waals surface area contributed by atoms with Gasteiger partial charge in [-0.05, 0) is 54.5 Å². The molecule has 1 saturated carbocycles. The van der Waals surface area contributed by atoms with Gasteiger partial charge in [-0.25, -0.2) is 14.4 Å². The van der Waals surface area contributed by atoms with Crippen LogP contribution in [0.3, 0.4) is 0 Å². The molecule has 0 radical (unpaired) electrons. The number of hydrogen-bond acceptors (Lipinski definition) is 5. The van der Waals surface area contributed by atoms with E-state index in [1.54, 1.807) is 30.5 Å². The van der Waals surface area contributed by atoms with E-state index in [2.05, 4.69) is 15.3 Å². The van der Waals surface area contributed by atoms with Gasteiger partial charge in [-0.15, -0.1) is 0 Å². The van der Waals surface area contributed by atoms with Gasteiger partial charge < -0.3 is 15.8 Å². The first kappa shape index (κ1) is 19.1. The van der Waals surface area contributed by atoms with Crippen LogP contribution in [0, 0.1) is 11.7 Å². The SMILES string of the molecule is Nc1cccnc1C(=O)Nc1cc(F)c2c(OCC3CCCCC3)nccc2c1. The predicted octanol–water partition coefficient (Wildman–Crippen LogP) is 4.56. The second-order valence-corrected chi connectivity index (χ2v) is 7.38. The van der Waals surface area contributed by atoms with Crippen LogP contribution in [0.2, 0.25) is 0 Å². The zero-order valence-corrected chi connectivity index (χ0v) is 16.0. The average Bonchev–Trinajstić information content (AvgIpc) is 2.73. The van der Waals surface area contributed by atoms with E-state index in [1.165, 1.54) is 31.5 Å². The molecule has 150 valence electrons. The van der Waals surface area contributed by atoms with E-state index in [9.17, 15) is 9.18 Å². The maximum Gasteiger partial charge on any atom is 0.276 e. The Bertz CT molecular complexity index is 1030. The van der Waals surface area contributed by atoms with Gasteiger partial charge in [-0.3, -0.25) is 4.79 Å². The first-order chi connectivity index (χ1) is 14.1. The Morgan fingerprint density at radius 3 is 2.79 bits per heavy atom. The summed E-state index contributed by atoms with van der Waals surface area (Å²) in [5, 5.41) is 3.57. The summed E-state index contributed by atoms with van der Waals surface area (Å²) in [6.45, 7) is 0.545. The Hall–Kier alpha value is -3.22. The highest BCUT2D eigenvalue weighted by Crippen LogP contribution is 2.31. The summed E-state index contributed by atoms with van der Waals surface area (Å²) in [7, 11) is 0. The molecule has 0 bridgehead atoms. The molecular formula is C22H23FN4O2. The number of carbonyl (C=O) groups excluding carboxylic acids is 1. The fourth-order valence-electron chi connectivity index (χ4n) is 3.76. The van der Waals surface area contributed by atoms with Crippen LogP contribution < -0.4 is 15.8 Å².